The summed E-state index contributed by atoms with van der Waals surface area (Å²) in [4.78, 5) is 11.2. The Bertz CT molecular complexity index is 662. The van der Waals surface area contributed by atoms with Gasteiger partial charge in [0.15, 0.2) is 0 Å². The number of aliphatic hydroxyl groups is 1. The molecule has 4 aliphatic carbocycles. The topological polar surface area (TPSA) is 66.8 Å². The van der Waals surface area contributed by atoms with Crippen molar-refractivity contribution < 1.29 is 19.7 Å². The number of hydrogen-bond acceptors (Lipinski definition) is 3. The third-order valence-electron chi connectivity index (χ3n) is 10.6. The molecule has 0 aliphatic heterocycles. The monoisotopic (exact) mass is 432 g/mol. The maximum absolute atomic E-state index is 11.2. The predicted octanol–water partition coefficient (Wildman–Crippen LogP) is 5.69. The molecule has 2 N–H and O–H groups in total. The second kappa shape index (κ2) is 9.17. The van der Waals surface area contributed by atoms with Crippen molar-refractivity contribution in [2.24, 2.45) is 46.3 Å². The number of rotatable bonds is 8. The van der Waals surface area contributed by atoms with Gasteiger partial charge in [-0.2, -0.15) is 0 Å². The van der Waals surface area contributed by atoms with E-state index in [1.54, 1.807) is 0 Å². The van der Waals surface area contributed by atoms with Gasteiger partial charge in [0.2, 0.25) is 0 Å². The summed E-state index contributed by atoms with van der Waals surface area (Å²) in [5.41, 5.74) is 0.797. The first-order valence-electron chi connectivity index (χ1n) is 12.9. The summed E-state index contributed by atoms with van der Waals surface area (Å²) in [7, 11) is 0. The van der Waals surface area contributed by atoms with E-state index in [0.717, 1.165) is 36.5 Å². The Hall–Kier alpha value is -0.870. The van der Waals surface area contributed by atoms with Crippen molar-refractivity contribution in [1.29, 1.82) is 0 Å². The van der Waals surface area contributed by atoms with Gasteiger partial charge >= 0.3 is 5.97 Å². The van der Waals surface area contributed by atoms with Crippen molar-refractivity contribution in [3.63, 3.8) is 0 Å². The van der Waals surface area contributed by atoms with Gasteiger partial charge in [-0.1, -0.05) is 19.9 Å². The number of ether oxygens (including phenoxy) is 1. The summed E-state index contributed by atoms with van der Waals surface area (Å²) < 4.78 is 5.94. The van der Waals surface area contributed by atoms with Gasteiger partial charge in [-0.05, 0) is 111 Å². The Kier molecular flexibility index (Phi) is 6.89. The average molecular weight is 433 g/mol. The third kappa shape index (κ3) is 4.12. The van der Waals surface area contributed by atoms with Crippen LogP contribution in [0.3, 0.4) is 0 Å². The van der Waals surface area contributed by atoms with E-state index in [2.05, 4.69) is 26.5 Å². The van der Waals surface area contributed by atoms with Crippen molar-refractivity contribution in [3.05, 3.63) is 12.7 Å². The fourth-order valence-electron chi connectivity index (χ4n) is 9.11. The lowest BCUT2D eigenvalue weighted by Gasteiger charge is -2.61. The van der Waals surface area contributed by atoms with Gasteiger partial charge in [0.1, 0.15) is 0 Å². The van der Waals surface area contributed by atoms with Gasteiger partial charge in [0, 0.05) is 6.42 Å². The van der Waals surface area contributed by atoms with Crippen molar-refractivity contribution in [3.8, 4) is 0 Å². The average Bonchev–Trinajstić information content (AvgIpc) is 3.10. The van der Waals surface area contributed by atoms with E-state index < -0.39 is 5.97 Å². The van der Waals surface area contributed by atoms with E-state index in [0.29, 0.717) is 35.4 Å². The molecule has 3 unspecified atom stereocenters. The highest BCUT2D eigenvalue weighted by atomic mass is 16.5. The molecular weight excluding hydrogens is 388 g/mol. The standard InChI is InChI=1S/C27H44O4/c1-4-18(5-10-25(29)30)22-8-9-23-21-7-6-19-17-20(31-16-15-28)11-13-26(19,2)24(21)12-14-27(22,23)3/h4,18-24,28H,1,5-17H2,2-3H3,(H,29,30)/t18-,19-,20+,21+,22?,23?,24?,26+,27-/m1/s1. The molecule has 4 nitrogen and oxygen atoms in total. The van der Waals surface area contributed by atoms with Crippen molar-refractivity contribution in [2.75, 3.05) is 13.2 Å². The molecule has 176 valence electrons. The van der Waals surface area contributed by atoms with E-state index in [1.807, 2.05) is 0 Å². The van der Waals surface area contributed by atoms with Crippen LogP contribution < -0.4 is 0 Å². The van der Waals surface area contributed by atoms with E-state index in [9.17, 15) is 9.90 Å². The Morgan fingerprint density at radius 1 is 1.10 bits per heavy atom. The number of carboxylic acids is 1. The molecule has 0 heterocycles. The molecule has 0 spiro atoms. The molecule has 4 rings (SSSR count). The van der Waals surface area contributed by atoms with E-state index in [4.69, 9.17) is 9.84 Å². The first-order chi connectivity index (χ1) is 14.8. The van der Waals surface area contributed by atoms with Crippen LogP contribution in [0.2, 0.25) is 0 Å². The van der Waals surface area contributed by atoms with Gasteiger partial charge in [-0.15, -0.1) is 6.58 Å². The van der Waals surface area contributed by atoms with E-state index in [1.165, 1.54) is 51.4 Å². The molecule has 0 aromatic rings. The smallest absolute Gasteiger partial charge is 0.303 e. The summed E-state index contributed by atoms with van der Waals surface area (Å²) in [5, 5.41) is 18.3. The molecule has 0 amide bonds. The summed E-state index contributed by atoms with van der Waals surface area (Å²) in [5.74, 6) is 3.50. The zero-order valence-corrected chi connectivity index (χ0v) is 19.7. The fourth-order valence-corrected chi connectivity index (χ4v) is 9.11. The molecule has 0 saturated heterocycles. The molecule has 0 aromatic carbocycles. The van der Waals surface area contributed by atoms with Crippen LogP contribution in [0.25, 0.3) is 0 Å². The highest BCUT2D eigenvalue weighted by molar-refractivity contribution is 5.66. The largest absolute Gasteiger partial charge is 0.481 e. The molecule has 4 fully saturated rings. The third-order valence-corrected chi connectivity index (χ3v) is 10.6. The maximum atomic E-state index is 11.2. The van der Waals surface area contributed by atoms with Gasteiger partial charge in [-0.3, -0.25) is 4.79 Å². The number of carbonyl (C=O) groups is 1. The van der Waals surface area contributed by atoms with Gasteiger partial charge < -0.3 is 14.9 Å². The highest BCUT2D eigenvalue weighted by Gasteiger charge is 2.60. The number of fused-ring (bicyclic) bond motifs is 5. The Morgan fingerprint density at radius 3 is 2.55 bits per heavy atom. The summed E-state index contributed by atoms with van der Waals surface area (Å²) in [6.45, 7) is 9.84. The van der Waals surface area contributed by atoms with E-state index in [-0.39, 0.29) is 13.0 Å². The fraction of sp³-hybridized carbons (Fsp3) is 0.889. The van der Waals surface area contributed by atoms with Gasteiger partial charge in [0.25, 0.3) is 0 Å². The number of aliphatic hydroxyl groups excluding tert-OH is 1. The van der Waals surface area contributed by atoms with Gasteiger partial charge in [0.05, 0.1) is 19.3 Å². The first kappa shape index (κ1) is 23.3. The van der Waals surface area contributed by atoms with Crippen LogP contribution in [0.5, 0.6) is 0 Å². The van der Waals surface area contributed by atoms with Crippen LogP contribution in [0.4, 0.5) is 0 Å². The first-order valence-corrected chi connectivity index (χ1v) is 12.9. The molecule has 0 aromatic heterocycles. The maximum Gasteiger partial charge on any atom is 0.303 e. The van der Waals surface area contributed by atoms with E-state index >= 15 is 0 Å². The zero-order chi connectivity index (χ0) is 22.2. The molecule has 4 saturated carbocycles. The minimum Gasteiger partial charge on any atom is -0.481 e. The highest BCUT2D eigenvalue weighted by Crippen LogP contribution is 2.68. The second-order valence-corrected chi connectivity index (χ2v) is 11.7. The predicted molar refractivity (Wildman–Crippen MR) is 123 cm³/mol. The number of carboxylic acid groups (broad SMARTS) is 1. The van der Waals surface area contributed by atoms with Crippen LogP contribution in [-0.2, 0) is 9.53 Å². The van der Waals surface area contributed by atoms with Crippen LogP contribution in [0.1, 0.15) is 84.5 Å². The Morgan fingerprint density at radius 2 is 1.84 bits per heavy atom. The Balaban J connectivity index is 1.47. The number of aliphatic carboxylic acids is 1. The molecule has 0 bridgehead atoms. The molecule has 4 aliphatic rings. The molecule has 4 heteroatoms. The lowest BCUT2D eigenvalue weighted by Crippen LogP contribution is -2.54. The van der Waals surface area contributed by atoms with Crippen molar-refractivity contribution in [1.82, 2.24) is 0 Å². The normalized spacial score (nSPS) is 45.3. The number of allylic oxidation sites excluding steroid dienone is 1. The SMILES string of the molecule is C=C[C@H](CCC(=O)O)C1CCC2[C@@H]3CC[C@@H]4C[C@@H](OCCO)CC[C@]4(C)C3CC[C@@]21C. The molecule has 31 heavy (non-hydrogen) atoms. The van der Waals surface area contributed by atoms with Crippen LogP contribution >= 0.6 is 0 Å². The van der Waals surface area contributed by atoms with Crippen LogP contribution in [-0.4, -0.2) is 35.5 Å². The minimum absolute atomic E-state index is 0.128. The summed E-state index contributed by atoms with van der Waals surface area (Å²) >= 11 is 0. The molecule has 9 atom stereocenters. The van der Waals surface area contributed by atoms with Crippen LogP contribution in [0.15, 0.2) is 12.7 Å². The Labute approximate surface area is 188 Å². The molecular formula is C27H44O4. The van der Waals surface area contributed by atoms with Crippen molar-refractivity contribution >= 4 is 5.97 Å². The molecule has 0 radical (unpaired) electrons. The minimum atomic E-state index is -0.680. The van der Waals surface area contributed by atoms with Crippen LogP contribution in [0, 0.1) is 46.3 Å². The quantitative estimate of drug-likeness (QED) is 0.484. The zero-order valence-electron chi connectivity index (χ0n) is 19.7. The van der Waals surface area contributed by atoms with Gasteiger partial charge in [-0.25, -0.2) is 0 Å². The van der Waals surface area contributed by atoms with Crippen molar-refractivity contribution in [2.45, 2.75) is 90.6 Å². The summed E-state index contributed by atoms with van der Waals surface area (Å²) in [6, 6.07) is 0. The second-order valence-electron chi connectivity index (χ2n) is 11.7. The number of hydrogen-bond donors (Lipinski definition) is 2. The lowest BCUT2D eigenvalue weighted by atomic mass is 9.44. The summed E-state index contributed by atoms with van der Waals surface area (Å²) in [6.07, 6.45) is 14.9. The lowest BCUT2D eigenvalue weighted by molar-refractivity contribution is -0.139.